The van der Waals surface area contributed by atoms with Crippen LogP contribution in [0.2, 0.25) is 0 Å². The maximum atomic E-state index is 13.0. The highest BCUT2D eigenvalue weighted by atomic mass is 19.1. The van der Waals surface area contributed by atoms with Gasteiger partial charge in [-0.3, -0.25) is 0 Å². The zero-order valence-electron chi connectivity index (χ0n) is 8.37. The standard InChI is InChI=1S/C11H17F/c1-8-5-6-9(12)7-10(8)11(2,3)4/h7H,5-6H2,1-4H3. The highest BCUT2D eigenvalue weighted by Crippen LogP contribution is 2.35. The highest BCUT2D eigenvalue weighted by Gasteiger charge is 2.21. The minimum Gasteiger partial charge on any atom is -0.212 e. The molecule has 0 amide bonds. The molecule has 0 aliphatic heterocycles. The van der Waals surface area contributed by atoms with E-state index in [4.69, 9.17) is 0 Å². The molecule has 1 aliphatic rings. The molecule has 1 aliphatic carbocycles. The fraction of sp³-hybridized carbons (Fsp3) is 0.636. The second-order valence-corrected chi connectivity index (χ2v) is 4.54. The molecule has 0 unspecified atom stereocenters. The topological polar surface area (TPSA) is 0 Å². The third-order valence-corrected chi connectivity index (χ3v) is 2.31. The molecular weight excluding hydrogens is 151 g/mol. The number of hydrogen-bond acceptors (Lipinski definition) is 0. The molecule has 0 spiro atoms. The van der Waals surface area contributed by atoms with Crippen LogP contribution in [0.25, 0.3) is 0 Å². The number of hydrogen-bond donors (Lipinski definition) is 0. The van der Waals surface area contributed by atoms with Crippen molar-refractivity contribution in [3.63, 3.8) is 0 Å². The summed E-state index contributed by atoms with van der Waals surface area (Å²) < 4.78 is 13.0. The summed E-state index contributed by atoms with van der Waals surface area (Å²) in [5.41, 5.74) is 2.59. The summed E-state index contributed by atoms with van der Waals surface area (Å²) in [6, 6.07) is 0. The van der Waals surface area contributed by atoms with Gasteiger partial charge in [0.2, 0.25) is 0 Å². The average molecular weight is 168 g/mol. The van der Waals surface area contributed by atoms with Gasteiger partial charge in [-0.25, -0.2) is 4.39 Å². The first-order chi connectivity index (χ1) is 5.41. The lowest BCUT2D eigenvalue weighted by Gasteiger charge is -2.26. The zero-order valence-corrected chi connectivity index (χ0v) is 8.37. The minimum atomic E-state index is 0.0329. The van der Waals surface area contributed by atoms with E-state index in [2.05, 4.69) is 27.7 Å². The number of halogens is 1. The van der Waals surface area contributed by atoms with Crippen LogP contribution < -0.4 is 0 Å². The van der Waals surface area contributed by atoms with E-state index < -0.39 is 0 Å². The van der Waals surface area contributed by atoms with Crippen molar-refractivity contribution in [2.75, 3.05) is 0 Å². The van der Waals surface area contributed by atoms with Crippen molar-refractivity contribution in [3.05, 3.63) is 23.0 Å². The first-order valence-corrected chi connectivity index (χ1v) is 4.47. The van der Waals surface area contributed by atoms with E-state index in [0.717, 1.165) is 6.42 Å². The second kappa shape index (κ2) is 3.04. The largest absolute Gasteiger partial charge is 0.212 e. The molecule has 0 saturated heterocycles. The summed E-state index contributed by atoms with van der Waals surface area (Å²) in [5.74, 6) is 0.0329. The Labute approximate surface area is 74.2 Å². The molecule has 0 radical (unpaired) electrons. The maximum Gasteiger partial charge on any atom is 0.101 e. The van der Waals surface area contributed by atoms with Crippen molar-refractivity contribution >= 4 is 0 Å². The molecule has 0 aromatic heterocycles. The highest BCUT2D eigenvalue weighted by molar-refractivity contribution is 5.34. The molecule has 0 saturated carbocycles. The fourth-order valence-corrected chi connectivity index (χ4v) is 1.65. The van der Waals surface area contributed by atoms with Gasteiger partial charge >= 0.3 is 0 Å². The normalized spacial score (nSPS) is 19.6. The molecule has 68 valence electrons. The summed E-state index contributed by atoms with van der Waals surface area (Å²) in [6.45, 7) is 8.48. The van der Waals surface area contributed by atoms with Crippen molar-refractivity contribution in [2.24, 2.45) is 5.41 Å². The quantitative estimate of drug-likeness (QED) is 0.513. The SMILES string of the molecule is CC1=C(C(C)(C)C)C=C(F)CC1. The van der Waals surface area contributed by atoms with Gasteiger partial charge < -0.3 is 0 Å². The van der Waals surface area contributed by atoms with Gasteiger partial charge in [0, 0.05) is 6.42 Å². The van der Waals surface area contributed by atoms with Crippen LogP contribution in [0, 0.1) is 5.41 Å². The first kappa shape index (κ1) is 9.50. The smallest absolute Gasteiger partial charge is 0.101 e. The summed E-state index contributed by atoms with van der Waals surface area (Å²) >= 11 is 0. The van der Waals surface area contributed by atoms with E-state index in [0.29, 0.717) is 6.42 Å². The van der Waals surface area contributed by atoms with Crippen molar-refractivity contribution in [2.45, 2.75) is 40.5 Å². The van der Waals surface area contributed by atoms with Crippen molar-refractivity contribution in [1.82, 2.24) is 0 Å². The summed E-state index contributed by atoms with van der Waals surface area (Å²) in [7, 11) is 0. The van der Waals surface area contributed by atoms with E-state index in [-0.39, 0.29) is 11.2 Å². The third kappa shape index (κ3) is 1.96. The third-order valence-electron chi connectivity index (χ3n) is 2.31. The minimum absolute atomic E-state index is 0.0329. The van der Waals surface area contributed by atoms with Crippen LogP contribution >= 0.6 is 0 Å². The van der Waals surface area contributed by atoms with E-state index in [1.807, 2.05) is 0 Å². The van der Waals surface area contributed by atoms with Gasteiger partial charge in [0.1, 0.15) is 5.83 Å². The Kier molecular flexibility index (Phi) is 2.41. The molecule has 0 bridgehead atoms. The Balaban J connectivity index is 3.02. The molecule has 0 fully saturated rings. The molecular formula is C11H17F. The van der Waals surface area contributed by atoms with Gasteiger partial charge in [-0.1, -0.05) is 26.3 Å². The second-order valence-electron chi connectivity index (χ2n) is 4.54. The molecule has 0 aromatic rings. The average Bonchev–Trinajstić information content (AvgIpc) is 1.92. The summed E-state index contributed by atoms with van der Waals surface area (Å²) in [6.07, 6.45) is 3.18. The van der Waals surface area contributed by atoms with E-state index in [1.165, 1.54) is 11.1 Å². The number of rotatable bonds is 0. The lowest BCUT2D eigenvalue weighted by atomic mass is 9.80. The summed E-state index contributed by atoms with van der Waals surface area (Å²) in [4.78, 5) is 0. The van der Waals surface area contributed by atoms with Gasteiger partial charge in [0.25, 0.3) is 0 Å². The predicted octanol–water partition coefficient (Wildman–Crippen LogP) is 4.00. The van der Waals surface area contributed by atoms with Gasteiger partial charge in [0.15, 0.2) is 0 Å². The van der Waals surface area contributed by atoms with E-state index >= 15 is 0 Å². The van der Waals surface area contributed by atoms with Crippen LogP contribution in [-0.2, 0) is 0 Å². The lowest BCUT2D eigenvalue weighted by Crippen LogP contribution is -2.12. The predicted molar refractivity (Wildman–Crippen MR) is 50.6 cm³/mol. The van der Waals surface area contributed by atoms with E-state index in [9.17, 15) is 4.39 Å². The van der Waals surface area contributed by atoms with Crippen molar-refractivity contribution in [3.8, 4) is 0 Å². The van der Waals surface area contributed by atoms with Crippen molar-refractivity contribution < 1.29 is 4.39 Å². The fourth-order valence-electron chi connectivity index (χ4n) is 1.65. The van der Waals surface area contributed by atoms with Crippen LogP contribution in [-0.4, -0.2) is 0 Å². The van der Waals surface area contributed by atoms with Crippen LogP contribution in [0.4, 0.5) is 4.39 Å². The monoisotopic (exact) mass is 168 g/mol. The Hall–Kier alpha value is -0.590. The molecule has 12 heavy (non-hydrogen) atoms. The lowest BCUT2D eigenvalue weighted by molar-refractivity contribution is 0.489. The molecule has 0 aromatic carbocycles. The molecule has 0 nitrogen and oxygen atoms in total. The Morgan fingerprint density at radius 3 is 2.25 bits per heavy atom. The Morgan fingerprint density at radius 2 is 1.83 bits per heavy atom. The molecule has 1 heteroatoms. The van der Waals surface area contributed by atoms with Crippen LogP contribution in [0.1, 0.15) is 40.5 Å². The van der Waals surface area contributed by atoms with Crippen LogP contribution in [0.3, 0.4) is 0 Å². The summed E-state index contributed by atoms with van der Waals surface area (Å²) in [5, 5.41) is 0. The molecule has 0 atom stereocenters. The Bertz CT molecular complexity index is 238. The van der Waals surface area contributed by atoms with Gasteiger partial charge in [-0.15, -0.1) is 0 Å². The van der Waals surface area contributed by atoms with Gasteiger partial charge in [-0.2, -0.15) is 0 Å². The van der Waals surface area contributed by atoms with Crippen molar-refractivity contribution in [1.29, 1.82) is 0 Å². The maximum absolute atomic E-state index is 13.0. The molecule has 1 rings (SSSR count). The Morgan fingerprint density at radius 1 is 1.25 bits per heavy atom. The van der Waals surface area contributed by atoms with Crippen LogP contribution in [0.5, 0.6) is 0 Å². The van der Waals surface area contributed by atoms with E-state index in [1.54, 1.807) is 6.08 Å². The van der Waals surface area contributed by atoms with Crippen LogP contribution in [0.15, 0.2) is 23.0 Å². The molecule has 0 heterocycles. The first-order valence-electron chi connectivity index (χ1n) is 4.47. The number of allylic oxidation sites excluding steroid dienone is 4. The van der Waals surface area contributed by atoms with Gasteiger partial charge in [-0.05, 0) is 30.4 Å². The van der Waals surface area contributed by atoms with Gasteiger partial charge in [0.05, 0.1) is 0 Å². The molecule has 0 N–H and O–H groups in total. The zero-order chi connectivity index (χ0) is 9.35.